The Bertz CT molecular complexity index is 893. The number of aromatic nitrogens is 4. The highest BCUT2D eigenvalue weighted by Crippen LogP contribution is 2.14. The minimum atomic E-state index is -0.0982. The third-order valence-electron chi connectivity index (χ3n) is 3.98. The molecule has 3 rings (SSSR count). The Hall–Kier alpha value is -2.87. The summed E-state index contributed by atoms with van der Waals surface area (Å²) in [4.78, 5) is 20.8. The number of unbranched alkanes of at least 4 members (excludes halogenated alkanes) is 1. The molecule has 8 heteroatoms. The quantitative estimate of drug-likeness (QED) is 0.580. The second-order valence-electron chi connectivity index (χ2n) is 6.35. The van der Waals surface area contributed by atoms with Gasteiger partial charge >= 0.3 is 0 Å². The molecule has 0 unspecified atom stereocenters. The number of amides is 1. The Morgan fingerprint density at radius 3 is 2.70 bits per heavy atom. The minimum Gasteiger partial charge on any atom is -0.374 e. The van der Waals surface area contributed by atoms with Crippen LogP contribution in [-0.4, -0.2) is 26.1 Å². The summed E-state index contributed by atoms with van der Waals surface area (Å²) in [5, 5.41) is 12.1. The zero-order valence-corrected chi connectivity index (χ0v) is 16.0. The highest BCUT2D eigenvalue weighted by molar-refractivity contribution is 7.15. The van der Waals surface area contributed by atoms with Crippen LogP contribution >= 0.6 is 11.3 Å². The predicted molar refractivity (Wildman–Crippen MR) is 107 cm³/mol. The number of nitrogen functional groups attached to an aromatic ring is 1. The van der Waals surface area contributed by atoms with Crippen molar-refractivity contribution >= 4 is 28.2 Å². The smallest absolute Gasteiger partial charge is 0.229 e. The molecule has 140 valence electrons. The van der Waals surface area contributed by atoms with Crippen LogP contribution in [0.1, 0.15) is 34.7 Å². The molecule has 27 heavy (non-hydrogen) atoms. The lowest BCUT2D eigenvalue weighted by Gasteiger charge is -2.06. The second-order valence-corrected chi connectivity index (χ2v) is 7.44. The Morgan fingerprint density at radius 2 is 2.00 bits per heavy atom. The zero-order chi connectivity index (χ0) is 19.1. The van der Waals surface area contributed by atoms with Crippen LogP contribution < -0.4 is 11.1 Å². The van der Waals surface area contributed by atoms with E-state index in [1.54, 1.807) is 12.4 Å². The monoisotopic (exact) mass is 382 g/mol. The van der Waals surface area contributed by atoms with Crippen LogP contribution in [-0.2, 0) is 24.1 Å². The number of carbonyl (C=O) groups excluding carboxylic acids is 1. The molecule has 3 N–H and O–H groups in total. The summed E-state index contributed by atoms with van der Waals surface area (Å²) in [6, 6.07) is 7.91. The van der Waals surface area contributed by atoms with Gasteiger partial charge in [-0.3, -0.25) is 9.78 Å². The van der Waals surface area contributed by atoms with Crippen molar-refractivity contribution in [1.82, 2.24) is 20.2 Å². The van der Waals surface area contributed by atoms with Gasteiger partial charge in [0.2, 0.25) is 11.0 Å². The third-order valence-corrected chi connectivity index (χ3v) is 4.79. The Morgan fingerprint density at radius 1 is 1.15 bits per heavy atom. The van der Waals surface area contributed by atoms with Gasteiger partial charge in [0.15, 0.2) is 5.82 Å². The largest absolute Gasteiger partial charge is 0.374 e. The predicted octanol–water partition coefficient (Wildman–Crippen LogP) is 2.97. The maximum Gasteiger partial charge on any atom is 0.229 e. The lowest BCUT2D eigenvalue weighted by Crippen LogP contribution is -2.15. The molecule has 1 amide bonds. The molecule has 0 bridgehead atoms. The highest BCUT2D eigenvalue weighted by Gasteiger charge is 2.06. The Labute approximate surface area is 162 Å². The summed E-state index contributed by atoms with van der Waals surface area (Å²) < 4.78 is 0. The molecule has 0 aliphatic rings. The lowest BCUT2D eigenvalue weighted by molar-refractivity contribution is -0.115. The summed E-state index contributed by atoms with van der Waals surface area (Å²) in [5.74, 6) is 0.375. The van der Waals surface area contributed by atoms with Crippen LogP contribution in [0.15, 0.2) is 36.7 Å². The van der Waals surface area contributed by atoms with E-state index in [9.17, 15) is 4.79 Å². The summed E-state index contributed by atoms with van der Waals surface area (Å²) in [7, 11) is 0. The molecule has 0 spiro atoms. The number of aryl methyl sites for hydroxylation is 3. The van der Waals surface area contributed by atoms with Crippen molar-refractivity contribution in [1.29, 1.82) is 0 Å². The molecule has 0 radical (unpaired) electrons. The molecule has 0 fully saturated rings. The number of hydrogen-bond donors (Lipinski definition) is 2. The normalized spacial score (nSPS) is 10.7. The van der Waals surface area contributed by atoms with Crippen molar-refractivity contribution < 1.29 is 4.79 Å². The molecule has 0 aliphatic carbocycles. The molecule has 0 aliphatic heterocycles. The first kappa shape index (κ1) is 18.9. The van der Waals surface area contributed by atoms with E-state index in [1.165, 1.54) is 11.3 Å². The van der Waals surface area contributed by atoms with Gasteiger partial charge in [0.25, 0.3) is 0 Å². The van der Waals surface area contributed by atoms with Crippen LogP contribution in [0.25, 0.3) is 0 Å². The topological polar surface area (TPSA) is 107 Å². The number of carbonyl (C=O) groups is 1. The molecule has 0 saturated heterocycles. The van der Waals surface area contributed by atoms with E-state index in [2.05, 4.69) is 25.5 Å². The number of nitrogens with zero attached hydrogens (tertiary/aromatic N) is 4. The van der Waals surface area contributed by atoms with Crippen molar-refractivity contribution in [3.8, 4) is 0 Å². The van der Waals surface area contributed by atoms with Crippen molar-refractivity contribution in [3.05, 3.63) is 58.5 Å². The fourth-order valence-electron chi connectivity index (χ4n) is 2.69. The molecule has 2 aromatic heterocycles. The molecule has 1 aromatic carbocycles. The molecule has 7 nitrogen and oxygen atoms in total. The fraction of sp³-hybridized carbons (Fsp3) is 0.316. The first-order valence-electron chi connectivity index (χ1n) is 8.82. The van der Waals surface area contributed by atoms with Crippen LogP contribution in [0, 0.1) is 6.92 Å². The number of rotatable bonds is 8. The van der Waals surface area contributed by atoms with Crippen molar-refractivity contribution in [2.24, 2.45) is 0 Å². The van der Waals surface area contributed by atoms with Gasteiger partial charge in [0.05, 0.1) is 24.5 Å². The molecule has 0 saturated carbocycles. The van der Waals surface area contributed by atoms with Gasteiger partial charge in [-0.25, -0.2) is 4.98 Å². The van der Waals surface area contributed by atoms with Gasteiger partial charge in [0, 0.05) is 6.42 Å². The summed E-state index contributed by atoms with van der Waals surface area (Å²) in [5.41, 5.74) is 8.59. The van der Waals surface area contributed by atoms with E-state index in [0.29, 0.717) is 17.4 Å². The Kier molecular flexibility index (Phi) is 6.43. The van der Waals surface area contributed by atoms with Gasteiger partial charge < -0.3 is 11.1 Å². The van der Waals surface area contributed by atoms with Crippen LogP contribution in [0.2, 0.25) is 0 Å². The first-order chi connectivity index (χ1) is 13.1. The van der Waals surface area contributed by atoms with E-state index in [-0.39, 0.29) is 5.91 Å². The number of nitrogens with two attached hydrogens (primary N) is 1. The van der Waals surface area contributed by atoms with Crippen LogP contribution in [0.5, 0.6) is 0 Å². The lowest BCUT2D eigenvalue weighted by atomic mass is 10.1. The fourth-order valence-corrected chi connectivity index (χ4v) is 3.34. The third kappa shape index (κ3) is 6.10. The number of benzene rings is 1. The standard InChI is InChI=1S/C19H22N6OS/c1-13-5-4-6-14(9-13)10-17(26)23-16-12-21-15(11-22-16)7-2-3-8-18-24-25-19(20)27-18/h4-6,9,11-12H,2-3,7-8,10H2,1H3,(H2,20,25)(H,22,23,26). The van der Waals surface area contributed by atoms with E-state index < -0.39 is 0 Å². The summed E-state index contributed by atoms with van der Waals surface area (Å²) >= 11 is 1.43. The number of nitrogens with one attached hydrogen (secondary N) is 1. The molecular weight excluding hydrogens is 360 g/mol. The van der Waals surface area contributed by atoms with Crippen molar-refractivity contribution in [2.45, 2.75) is 39.0 Å². The second kappa shape index (κ2) is 9.18. The van der Waals surface area contributed by atoms with E-state index >= 15 is 0 Å². The minimum absolute atomic E-state index is 0.0982. The van der Waals surface area contributed by atoms with Crippen LogP contribution in [0.3, 0.4) is 0 Å². The highest BCUT2D eigenvalue weighted by atomic mass is 32.1. The van der Waals surface area contributed by atoms with Gasteiger partial charge in [-0.2, -0.15) is 0 Å². The van der Waals surface area contributed by atoms with Gasteiger partial charge in [-0.1, -0.05) is 41.2 Å². The van der Waals surface area contributed by atoms with E-state index in [0.717, 1.165) is 47.5 Å². The van der Waals surface area contributed by atoms with Crippen molar-refractivity contribution in [2.75, 3.05) is 11.1 Å². The Balaban J connectivity index is 1.42. The summed E-state index contributed by atoms with van der Waals surface area (Å²) in [6.07, 6.45) is 7.31. The van der Waals surface area contributed by atoms with E-state index in [1.807, 2.05) is 31.2 Å². The number of hydrogen-bond acceptors (Lipinski definition) is 7. The molecule has 2 heterocycles. The van der Waals surface area contributed by atoms with Crippen molar-refractivity contribution in [3.63, 3.8) is 0 Å². The van der Waals surface area contributed by atoms with Gasteiger partial charge in [0.1, 0.15) is 5.01 Å². The maximum atomic E-state index is 12.1. The molecule has 0 atom stereocenters. The van der Waals surface area contributed by atoms with E-state index in [4.69, 9.17) is 5.73 Å². The molecular formula is C19H22N6OS. The molecule has 3 aromatic rings. The van der Waals surface area contributed by atoms with Gasteiger partial charge in [-0.15, -0.1) is 10.2 Å². The average molecular weight is 382 g/mol. The average Bonchev–Trinajstić information content (AvgIpc) is 3.05. The first-order valence-corrected chi connectivity index (χ1v) is 9.64. The SMILES string of the molecule is Cc1cccc(CC(=O)Nc2cnc(CCCCc3nnc(N)s3)cn2)c1. The summed E-state index contributed by atoms with van der Waals surface area (Å²) in [6.45, 7) is 2.01. The maximum absolute atomic E-state index is 12.1. The zero-order valence-electron chi connectivity index (χ0n) is 15.2. The van der Waals surface area contributed by atoms with Crippen LogP contribution in [0.4, 0.5) is 10.9 Å². The van der Waals surface area contributed by atoms with Gasteiger partial charge in [-0.05, 0) is 31.7 Å². The number of anilines is 2.